The summed E-state index contributed by atoms with van der Waals surface area (Å²) in [5.41, 5.74) is 8.70. The highest BCUT2D eigenvalue weighted by molar-refractivity contribution is 9.10. The minimum absolute atomic E-state index is 0.306. The Kier molecular flexibility index (Phi) is 3.86. The Balaban J connectivity index is 1.94. The molecule has 3 nitrogen and oxygen atoms in total. The zero-order valence-corrected chi connectivity index (χ0v) is 12.7. The molecule has 2 aromatic carbocycles. The first kappa shape index (κ1) is 14.0. The van der Waals surface area contributed by atoms with Gasteiger partial charge in [0.1, 0.15) is 5.82 Å². The van der Waals surface area contributed by atoms with Crippen molar-refractivity contribution in [3.05, 3.63) is 82.3 Å². The summed E-state index contributed by atoms with van der Waals surface area (Å²) in [7, 11) is 0. The molecule has 0 saturated carbocycles. The van der Waals surface area contributed by atoms with Crippen molar-refractivity contribution in [3.8, 4) is 5.69 Å². The molecule has 0 radical (unpaired) electrons. The van der Waals surface area contributed by atoms with Gasteiger partial charge in [0.25, 0.3) is 0 Å². The van der Waals surface area contributed by atoms with E-state index in [4.69, 9.17) is 5.73 Å². The zero-order chi connectivity index (χ0) is 14.8. The van der Waals surface area contributed by atoms with Crippen LogP contribution in [0.5, 0.6) is 0 Å². The van der Waals surface area contributed by atoms with Crippen LogP contribution in [0.15, 0.2) is 65.4 Å². The third kappa shape index (κ3) is 2.89. The van der Waals surface area contributed by atoms with Crippen LogP contribution >= 0.6 is 15.9 Å². The maximum atomic E-state index is 13.4. The van der Waals surface area contributed by atoms with Crippen molar-refractivity contribution in [1.29, 1.82) is 0 Å². The van der Waals surface area contributed by atoms with Crippen LogP contribution < -0.4 is 5.73 Å². The Morgan fingerprint density at radius 2 is 1.90 bits per heavy atom. The topological polar surface area (TPSA) is 43.8 Å². The van der Waals surface area contributed by atoms with Crippen molar-refractivity contribution in [1.82, 2.24) is 9.78 Å². The molecule has 0 amide bonds. The average molecular weight is 346 g/mol. The van der Waals surface area contributed by atoms with Gasteiger partial charge >= 0.3 is 0 Å². The van der Waals surface area contributed by atoms with Crippen molar-refractivity contribution in [2.75, 3.05) is 0 Å². The van der Waals surface area contributed by atoms with Crippen LogP contribution in [0.1, 0.15) is 17.2 Å². The van der Waals surface area contributed by atoms with E-state index < -0.39 is 6.04 Å². The standard InChI is InChI=1S/C16H13BrFN3/c17-15-7-6-12(18)8-14(15)16(19)11-9-20-21(10-11)13-4-2-1-3-5-13/h1-10,16H,19H2. The summed E-state index contributed by atoms with van der Waals surface area (Å²) in [4.78, 5) is 0. The Morgan fingerprint density at radius 1 is 1.14 bits per heavy atom. The highest BCUT2D eigenvalue weighted by atomic mass is 79.9. The van der Waals surface area contributed by atoms with Crippen LogP contribution in [0.4, 0.5) is 4.39 Å². The van der Waals surface area contributed by atoms with E-state index in [0.717, 1.165) is 15.7 Å². The van der Waals surface area contributed by atoms with Crippen molar-refractivity contribution in [2.45, 2.75) is 6.04 Å². The quantitative estimate of drug-likeness (QED) is 0.784. The van der Waals surface area contributed by atoms with Gasteiger partial charge in [-0.3, -0.25) is 0 Å². The Morgan fingerprint density at radius 3 is 2.67 bits per heavy atom. The molecule has 2 N–H and O–H groups in total. The molecule has 1 unspecified atom stereocenters. The Hall–Kier alpha value is -1.98. The lowest BCUT2D eigenvalue weighted by molar-refractivity contribution is 0.623. The maximum Gasteiger partial charge on any atom is 0.123 e. The SMILES string of the molecule is NC(c1cnn(-c2ccccc2)c1)c1cc(F)ccc1Br. The van der Waals surface area contributed by atoms with Crippen LogP contribution in [-0.2, 0) is 0 Å². The van der Waals surface area contributed by atoms with Crippen molar-refractivity contribution >= 4 is 15.9 Å². The number of aromatic nitrogens is 2. The number of halogens is 2. The van der Waals surface area contributed by atoms with Crippen LogP contribution in [0.3, 0.4) is 0 Å². The highest BCUT2D eigenvalue weighted by Gasteiger charge is 2.15. The lowest BCUT2D eigenvalue weighted by Crippen LogP contribution is -2.12. The van der Waals surface area contributed by atoms with Crippen molar-refractivity contribution < 1.29 is 4.39 Å². The van der Waals surface area contributed by atoms with Gasteiger partial charge in [0.15, 0.2) is 0 Å². The van der Waals surface area contributed by atoms with Gasteiger partial charge in [-0.1, -0.05) is 34.1 Å². The lowest BCUT2D eigenvalue weighted by atomic mass is 10.0. The summed E-state index contributed by atoms with van der Waals surface area (Å²) >= 11 is 3.41. The van der Waals surface area contributed by atoms with Gasteiger partial charge in [-0.15, -0.1) is 0 Å². The van der Waals surface area contributed by atoms with Gasteiger partial charge in [-0.05, 0) is 35.9 Å². The minimum atomic E-state index is -0.437. The number of benzene rings is 2. The summed E-state index contributed by atoms with van der Waals surface area (Å²) in [5, 5.41) is 4.31. The van der Waals surface area contributed by atoms with Crippen LogP contribution in [0.25, 0.3) is 5.69 Å². The predicted octanol–water partition coefficient (Wildman–Crippen LogP) is 3.82. The van der Waals surface area contributed by atoms with Gasteiger partial charge in [0.05, 0.1) is 17.9 Å². The summed E-state index contributed by atoms with van der Waals surface area (Å²) in [5.74, 6) is -0.306. The van der Waals surface area contributed by atoms with E-state index in [1.165, 1.54) is 12.1 Å². The fourth-order valence-electron chi connectivity index (χ4n) is 2.15. The Labute approximate surface area is 130 Å². The van der Waals surface area contributed by atoms with Crippen molar-refractivity contribution in [2.24, 2.45) is 5.73 Å². The molecule has 3 rings (SSSR count). The monoisotopic (exact) mass is 345 g/mol. The van der Waals surface area contributed by atoms with Gasteiger partial charge in [0, 0.05) is 16.2 Å². The molecule has 0 fully saturated rings. The smallest absolute Gasteiger partial charge is 0.123 e. The summed E-state index contributed by atoms with van der Waals surface area (Å²) in [6.07, 6.45) is 3.56. The predicted molar refractivity (Wildman–Crippen MR) is 83.7 cm³/mol. The van der Waals surface area contributed by atoms with Gasteiger partial charge in [0.2, 0.25) is 0 Å². The van der Waals surface area contributed by atoms with Gasteiger partial charge < -0.3 is 5.73 Å². The molecule has 0 spiro atoms. The molecule has 0 aliphatic heterocycles. The zero-order valence-electron chi connectivity index (χ0n) is 11.1. The normalized spacial score (nSPS) is 12.3. The number of hydrogen-bond donors (Lipinski definition) is 1. The number of nitrogens with zero attached hydrogens (tertiary/aromatic N) is 2. The van der Waals surface area contributed by atoms with E-state index in [0.29, 0.717) is 5.56 Å². The second-order valence-corrected chi connectivity index (χ2v) is 5.55. The first-order chi connectivity index (χ1) is 10.1. The first-order valence-corrected chi connectivity index (χ1v) is 7.25. The van der Waals surface area contributed by atoms with E-state index in [1.807, 2.05) is 36.5 Å². The van der Waals surface area contributed by atoms with E-state index in [1.54, 1.807) is 16.9 Å². The fraction of sp³-hybridized carbons (Fsp3) is 0.0625. The van der Waals surface area contributed by atoms with Crippen LogP contribution in [0, 0.1) is 5.82 Å². The molecule has 3 aromatic rings. The second kappa shape index (κ2) is 5.79. The maximum absolute atomic E-state index is 13.4. The number of rotatable bonds is 3. The third-order valence-corrected chi connectivity index (χ3v) is 4.00. The molecule has 1 heterocycles. The van der Waals surface area contributed by atoms with Gasteiger partial charge in [-0.25, -0.2) is 9.07 Å². The van der Waals surface area contributed by atoms with E-state index in [9.17, 15) is 4.39 Å². The lowest BCUT2D eigenvalue weighted by Gasteiger charge is -2.12. The van der Waals surface area contributed by atoms with E-state index >= 15 is 0 Å². The number of hydrogen-bond acceptors (Lipinski definition) is 2. The molecule has 1 aromatic heterocycles. The van der Waals surface area contributed by atoms with Gasteiger partial charge in [-0.2, -0.15) is 5.10 Å². The molecule has 0 bridgehead atoms. The Bertz CT molecular complexity index is 755. The van der Waals surface area contributed by atoms with E-state index in [-0.39, 0.29) is 5.82 Å². The second-order valence-electron chi connectivity index (χ2n) is 4.70. The van der Waals surface area contributed by atoms with Crippen molar-refractivity contribution in [3.63, 3.8) is 0 Å². The minimum Gasteiger partial charge on any atom is -0.320 e. The largest absolute Gasteiger partial charge is 0.320 e. The molecular weight excluding hydrogens is 333 g/mol. The molecular formula is C16H13BrFN3. The number of para-hydroxylation sites is 1. The molecule has 0 aliphatic rings. The molecule has 1 atom stereocenters. The average Bonchev–Trinajstić information content (AvgIpc) is 3.00. The molecule has 5 heteroatoms. The number of nitrogens with two attached hydrogens (primary N) is 1. The third-order valence-electron chi connectivity index (χ3n) is 3.28. The fourth-order valence-corrected chi connectivity index (χ4v) is 2.65. The molecule has 0 aliphatic carbocycles. The summed E-state index contributed by atoms with van der Waals surface area (Å²) < 4.78 is 15.9. The summed E-state index contributed by atoms with van der Waals surface area (Å²) in [6, 6.07) is 13.8. The van der Waals surface area contributed by atoms with E-state index in [2.05, 4.69) is 21.0 Å². The first-order valence-electron chi connectivity index (χ1n) is 6.45. The highest BCUT2D eigenvalue weighted by Crippen LogP contribution is 2.27. The molecule has 21 heavy (non-hydrogen) atoms. The van der Waals surface area contributed by atoms with Crippen LogP contribution in [-0.4, -0.2) is 9.78 Å². The van der Waals surface area contributed by atoms with Crippen LogP contribution in [0.2, 0.25) is 0 Å². The summed E-state index contributed by atoms with van der Waals surface area (Å²) in [6.45, 7) is 0. The molecule has 0 saturated heterocycles. The molecule has 106 valence electrons.